The molecule has 2 atom stereocenters. The van der Waals surface area contributed by atoms with Crippen molar-refractivity contribution in [2.24, 2.45) is 0 Å². The Hall–Kier alpha value is -0.340. The number of hydrogen-bond donors (Lipinski definition) is 0. The van der Waals surface area contributed by atoms with E-state index in [2.05, 4.69) is 19.1 Å². The minimum Gasteiger partial charge on any atom is -0.353 e. The van der Waals surface area contributed by atoms with Gasteiger partial charge < -0.3 is 9.47 Å². The minimum absolute atomic E-state index is 0.0113. The SMILES string of the molecule is CC.CCOC(CC)OC1C=CCC1. The van der Waals surface area contributed by atoms with Crippen LogP contribution >= 0.6 is 0 Å². The zero-order valence-electron chi connectivity index (χ0n) is 9.95. The lowest BCUT2D eigenvalue weighted by molar-refractivity contribution is -0.157. The van der Waals surface area contributed by atoms with Crippen LogP contribution in [0.2, 0.25) is 0 Å². The number of allylic oxidation sites excluding steroid dienone is 1. The third-order valence-corrected chi connectivity index (χ3v) is 1.98. The van der Waals surface area contributed by atoms with Crippen LogP contribution in [0.1, 0.15) is 47.0 Å². The van der Waals surface area contributed by atoms with E-state index in [0.29, 0.717) is 6.10 Å². The van der Waals surface area contributed by atoms with Gasteiger partial charge in [-0.05, 0) is 26.2 Å². The smallest absolute Gasteiger partial charge is 0.158 e. The summed E-state index contributed by atoms with van der Waals surface area (Å²) in [4.78, 5) is 0. The summed E-state index contributed by atoms with van der Waals surface area (Å²) in [6.45, 7) is 8.81. The van der Waals surface area contributed by atoms with Crippen LogP contribution in [0.4, 0.5) is 0 Å². The predicted molar refractivity (Wildman–Crippen MR) is 60.3 cm³/mol. The lowest BCUT2D eigenvalue weighted by Gasteiger charge is -2.19. The van der Waals surface area contributed by atoms with Gasteiger partial charge >= 0.3 is 0 Å². The van der Waals surface area contributed by atoms with Crippen LogP contribution in [-0.4, -0.2) is 19.0 Å². The highest BCUT2D eigenvalue weighted by Gasteiger charge is 2.14. The molecule has 2 unspecified atom stereocenters. The van der Waals surface area contributed by atoms with Gasteiger partial charge in [0, 0.05) is 6.61 Å². The predicted octanol–water partition coefficient (Wildman–Crippen LogP) is 3.52. The maximum atomic E-state index is 5.69. The van der Waals surface area contributed by atoms with E-state index in [1.54, 1.807) is 0 Å². The molecule has 1 aliphatic rings. The molecule has 0 fully saturated rings. The van der Waals surface area contributed by atoms with Gasteiger partial charge in [-0.3, -0.25) is 0 Å². The molecule has 0 saturated carbocycles. The lowest BCUT2D eigenvalue weighted by Crippen LogP contribution is -2.21. The van der Waals surface area contributed by atoms with E-state index in [1.165, 1.54) is 0 Å². The van der Waals surface area contributed by atoms with E-state index < -0.39 is 0 Å². The molecule has 0 heterocycles. The normalized spacial score (nSPS) is 21.6. The van der Waals surface area contributed by atoms with Crippen LogP contribution in [0, 0.1) is 0 Å². The maximum absolute atomic E-state index is 5.69. The summed E-state index contributed by atoms with van der Waals surface area (Å²) >= 11 is 0. The molecule has 1 aliphatic carbocycles. The van der Waals surface area contributed by atoms with Crippen molar-refractivity contribution in [3.8, 4) is 0 Å². The van der Waals surface area contributed by atoms with Gasteiger partial charge in [-0.1, -0.05) is 32.9 Å². The average Bonchev–Trinajstić information content (AvgIpc) is 2.73. The molecule has 0 N–H and O–H groups in total. The quantitative estimate of drug-likeness (QED) is 0.499. The fraction of sp³-hybridized carbons (Fsp3) is 0.833. The molecule has 84 valence electrons. The lowest BCUT2D eigenvalue weighted by atomic mass is 10.3. The van der Waals surface area contributed by atoms with Crippen LogP contribution in [-0.2, 0) is 9.47 Å². The third-order valence-electron chi connectivity index (χ3n) is 1.98. The highest BCUT2D eigenvalue weighted by Crippen LogP contribution is 2.16. The second-order valence-corrected chi connectivity index (χ2v) is 2.97. The first-order valence-electron chi connectivity index (χ1n) is 5.80. The van der Waals surface area contributed by atoms with E-state index in [0.717, 1.165) is 25.9 Å². The molecule has 0 aromatic heterocycles. The Kier molecular flexibility index (Phi) is 9.00. The first-order chi connectivity index (χ1) is 6.86. The summed E-state index contributed by atoms with van der Waals surface area (Å²) in [5, 5.41) is 0. The second-order valence-electron chi connectivity index (χ2n) is 2.97. The molecule has 0 saturated heterocycles. The standard InChI is InChI=1S/C10H18O2.C2H6/c1-3-10(11-4-2)12-9-7-5-6-8-9;1-2/h5,7,9-10H,3-4,6,8H2,1-2H3;1-2H3. The summed E-state index contributed by atoms with van der Waals surface area (Å²) in [5.41, 5.74) is 0. The van der Waals surface area contributed by atoms with Crippen molar-refractivity contribution in [2.45, 2.75) is 59.4 Å². The highest BCUT2D eigenvalue weighted by atomic mass is 16.7. The van der Waals surface area contributed by atoms with Crippen molar-refractivity contribution in [3.63, 3.8) is 0 Å². The summed E-state index contributed by atoms with van der Waals surface area (Å²) in [5.74, 6) is 0. The molecule has 0 bridgehead atoms. The molecular formula is C12H24O2. The Bertz CT molecular complexity index is 143. The van der Waals surface area contributed by atoms with Crippen LogP contribution < -0.4 is 0 Å². The van der Waals surface area contributed by atoms with Gasteiger partial charge in [0.05, 0.1) is 6.10 Å². The van der Waals surface area contributed by atoms with E-state index in [9.17, 15) is 0 Å². The van der Waals surface area contributed by atoms with Gasteiger partial charge in [-0.25, -0.2) is 0 Å². The Balaban J connectivity index is 0.000000791. The highest BCUT2D eigenvalue weighted by molar-refractivity contribution is 4.97. The van der Waals surface area contributed by atoms with E-state index in [-0.39, 0.29) is 6.29 Å². The summed E-state index contributed by atoms with van der Waals surface area (Å²) in [6, 6.07) is 0. The number of ether oxygens (including phenoxy) is 2. The molecule has 2 heteroatoms. The zero-order valence-corrected chi connectivity index (χ0v) is 9.95. The Morgan fingerprint density at radius 1 is 1.36 bits per heavy atom. The van der Waals surface area contributed by atoms with Crippen molar-refractivity contribution >= 4 is 0 Å². The molecule has 0 spiro atoms. The molecule has 1 rings (SSSR count). The molecular weight excluding hydrogens is 176 g/mol. The minimum atomic E-state index is -0.0113. The van der Waals surface area contributed by atoms with Crippen LogP contribution in [0.3, 0.4) is 0 Å². The van der Waals surface area contributed by atoms with Crippen LogP contribution in [0.15, 0.2) is 12.2 Å². The maximum Gasteiger partial charge on any atom is 0.158 e. The first kappa shape index (κ1) is 13.7. The van der Waals surface area contributed by atoms with Crippen molar-refractivity contribution in [1.82, 2.24) is 0 Å². The molecule has 0 radical (unpaired) electrons. The molecule has 0 aliphatic heterocycles. The van der Waals surface area contributed by atoms with Crippen molar-refractivity contribution < 1.29 is 9.47 Å². The summed E-state index contributed by atoms with van der Waals surface area (Å²) in [6.07, 6.45) is 7.77. The van der Waals surface area contributed by atoms with Crippen molar-refractivity contribution in [3.05, 3.63) is 12.2 Å². The average molecular weight is 200 g/mol. The third kappa shape index (κ3) is 5.40. The fourth-order valence-corrected chi connectivity index (χ4v) is 1.35. The van der Waals surface area contributed by atoms with Crippen LogP contribution in [0.5, 0.6) is 0 Å². The van der Waals surface area contributed by atoms with Crippen LogP contribution in [0.25, 0.3) is 0 Å². The number of rotatable bonds is 5. The van der Waals surface area contributed by atoms with E-state index in [4.69, 9.17) is 9.47 Å². The number of hydrogen-bond acceptors (Lipinski definition) is 2. The monoisotopic (exact) mass is 200 g/mol. The molecule has 0 aromatic rings. The van der Waals surface area contributed by atoms with Gasteiger partial charge in [-0.2, -0.15) is 0 Å². The van der Waals surface area contributed by atoms with Gasteiger partial charge in [0.2, 0.25) is 0 Å². The van der Waals surface area contributed by atoms with Gasteiger partial charge in [0.25, 0.3) is 0 Å². The Morgan fingerprint density at radius 3 is 2.50 bits per heavy atom. The molecule has 14 heavy (non-hydrogen) atoms. The largest absolute Gasteiger partial charge is 0.353 e. The van der Waals surface area contributed by atoms with Crippen molar-refractivity contribution in [1.29, 1.82) is 0 Å². The molecule has 0 aromatic carbocycles. The van der Waals surface area contributed by atoms with E-state index >= 15 is 0 Å². The van der Waals surface area contributed by atoms with Crippen molar-refractivity contribution in [2.75, 3.05) is 6.61 Å². The van der Waals surface area contributed by atoms with E-state index in [1.807, 2.05) is 20.8 Å². The molecule has 2 nitrogen and oxygen atoms in total. The van der Waals surface area contributed by atoms with Gasteiger partial charge in [0.15, 0.2) is 6.29 Å². The molecule has 0 amide bonds. The second kappa shape index (κ2) is 9.22. The fourth-order valence-electron chi connectivity index (χ4n) is 1.35. The summed E-state index contributed by atoms with van der Waals surface area (Å²) in [7, 11) is 0. The Morgan fingerprint density at radius 2 is 2.07 bits per heavy atom. The van der Waals surface area contributed by atoms with Gasteiger partial charge in [0.1, 0.15) is 0 Å². The topological polar surface area (TPSA) is 18.5 Å². The van der Waals surface area contributed by atoms with Gasteiger partial charge in [-0.15, -0.1) is 0 Å². The Labute approximate surface area is 88.3 Å². The first-order valence-corrected chi connectivity index (χ1v) is 5.80. The zero-order chi connectivity index (χ0) is 10.8. The summed E-state index contributed by atoms with van der Waals surface area (Å²) < 4.78 is 11.1.